The van der Waals surface area contributed by atoms with Gasteiger partial charge in [-0.3, -0.25) is 15.5 Å². The number of nitrogens with zero attached hydrogens (tertiary/aromatic N) is 2. The quantitative estimate of drug-likeness (QED) is 0.503. The smallest absolute Gasteiger partial charge is 0.274 e. The molecule has 0 atom stereocenters. The fourth-order valence-corrected chi connectivity index (χ4v) is 1.87. The van der Waals surface area contributed by atoms with Crippen molar-refractivity contribution in [1.82, 2.24) is 0 Å². The number of hydrazone groups is 1. The van der Waals surface area contributed by atoms with Crippen LogP contribution in [0.15, 0.2) is 47.6 Å². The fourth-order valence-electron chi connectivity index (χ4n) is 1.87. The third-order valence-electron chi connectivity index (χ3n) is 2.87. The molecule has 0 aliphatic carbocycles. The number of anilines is 1. The number of non-ortho nitro benzene ring substituents is 1. The van der Waals surface area contributed by atoms with Crippen LogP contribution >= 0.6 is 0 Å². The predicted octanol–water partition coefficient (Wildman–Crippen LogP) is 3.06. The van der Waals surface area contributed by atoms with Gasteiger partial charge >= 0.3 is 0 Å². The van der Waals surface area contributed by atoms with E-state index in [-0.39, 0.29) is 11.4 Å². The summed E-state index contributed by atoms with van der Waals surface area (Å²) in [6.07, 6.45) is 1.45. The van der Waals surface area contributed by atoms with Crippen molar-refractivity contribution in [3.63, 3.8) is 0 Å². The molecule has 0 saturated carbocycles. The highest BCUT2D eigenvalue weighted by atomic mass is 16.6. The van der Waals surface area contributed by atoms with Crippen LogP contribution in [0.5, 0.6) is 11.5 Å². The maximum atomic E-state index is 11.0. The molecule has 7 heteroatoms. The van der Waals surface area contributed by atoms with Gasteiger partial charge in [-0.05, 0) is 12.1 Å². The third kappa shape index (κ3) is 3.51. The van der Waals surface area contributed by atoms with E-state index in [4.69, 9.17) is 9.47 Å². The van der Waals surface area contributed by atoms with Crippen molar-refractivity contribution in [2.45, 2.75) is 0 Å². The van der Waals surface area contributed by atoms with E-state index >= 15 is 0 Å². The Balaban J connectivity index is 2.31. The van der Waals surface area contributed by atoms with Gasteiger partial charge in [-0.15, -0.1) is 0 Å². The van der Waals surface area contributed by atoms with Gasteiger partial charge < -0.3 is 9.47 Å². The molecule has 114 valence electrons. The van der Waals surface area contributed by atoms with E-state index in [1.807, 2.05) is 30.3 Å². The molecule has 0 heterocycles. The number of benzene rings is 2. The van der Waals surface area contributed by atoms with E-state index in [1.165, 1.54) is 32.6 Å². The first-order valence-corrected chi connectivity index (χ1v) is 6.40. The molecule has 7 nitrogen and oxygen atoms in total. The van der Waals surface area contributed by atoms with E-state index in [0.29, 0.717) is 11.3 Å². The van der Waals surface area contributed by atoms with Crippen molar-refractivity contribution < 1.29 is 14.4 Å². The van der Waals surface area contributed by atoms with Crippen LogP contribution in [0.4, 0.5) is 11.4 Å². The Morgan fingerprint density at radius 3 is 2.50 bits per heavy atom. The number of methoxy groups -OCH3 is 2. The Bertz CT molecular complexity index is 687. The summed E-state index contributed by atoms with van der Waals surface area (Å²) in [7, 11) is 2.89. The van der Waals surface area contributed by atoms with Gasteiger partial charge in [0.05, 0.1) is 37.1 Å². The molecular weight excluding hydrogens is 286 g/mol. The number of para-hydroxylation sites is 1. The lowest BCUT2D eigenvalue weighted by Gasteiger charge is -2.10. The van der Waals surface area contributed by atoms with Crippen LogP contribution in [0.1, 0.15) is 5.56 Å². The van der Waals surface area contributed by atoms with Gasteiger partial charge in [0.15, 0.2) is 11.5 Å². The zero-order valence-electron chi connectivity index (χ0n) is 12.1. The number of hydrogen-bond donors (Lipinski definition) is 1. The number of nitro groups is 1. The predicted molar refractivity (Wildman–Crippen MR) is 83.9 cm³/mol. The van der Waals surface area contributed by atoms with Gasteiger partial charge in [0, 0.05) is 11.6 Å². The highest BCUT2D eigenvalue weighted by Crippen LogP contribution is 2.34. The Labute approximate surface area is 127 Å². The molecule has 2 aromatic rings. The van der Waals surface area contributed by atoms with Crippen molar-refractivity contribution >= 4 is 17.6 Å². The third-order valence-corrected chi connectivity index (χ3v) is 2.87. The minimum Gasteiger partial charge on any atom is -0.493 e. The van der Waals surface area contributed by atoms with E-state index in [9.17, 15) is 10.1 Å². The topological polar surface area (TPSA) is 86.0 Å². The molecule has 0 fully saturated rings. The second-order valence-electron chi connectivity index (χ2n) is 4.26. The second-order valence-corrected chi connectivity index (χ2v) is 4.26. The van der Waals surface area contributed by atoms with Crippen LogP contribution < -0.4 is 14.9 Å². The first-order chi connectivity index (χ1) is 10.7. The van der Waals surface area contributed by atoms with E-state index in [2.05, 4.69) is 10.5 Å². The Morgan fingerprint density at radius 2 is 1.91 bits per heavy atom. The SMILES string of the molecule is COc1cc([N+](=O)[O-])cc(C=NNc2ccccc2)c1OC. The van der Waals surface area contributed by atoms with Crippen molar-refractivity contribution in [3.8, 4) is 11.5 Å². The molecule has 22 heavy (non-hydrogen) atoms. The Hall–Kier alpha value is -3.09. The summed E-state index contributed by atoms with van der Waals surface area (Å²) in [6, 6.07) is 12.0. The standard InChI is InChI=1S/C15H15N3O4/c1-21-14-9-13(18(19)20)8-11(15(14)22-2)10-16-17-12-6-4-3-5-7-12/h3-10,17H,1-2H3. The van der Waals surface area contributed by atoms with E-state index in [0.717, 1.165) is 5.69 Å². The molecule has 2 aromatic carbocycles. The summed E-state index contributed by atoms with van der Waals surface area (Å²) in [5.41, 5.74) is 3.98. The van der Waals surface area contributed by atoms with Gasteiger partial charge in [0.1, 0.15) is 0 Å². The zero-order chi connectivity index (χ0) is 15.9. The minimum absolute atomic E-state index is 0.0983. The Morgan fingerprint density at radius 1 is 1.18 bits per heavy atom. The molecule has 0 saturated heterocycles. The number of ether oxygens (including phenoxy) is 2. The molecule has 0 aliphatic heterocycles. The van der Waals surface area contributed by atoms with Crippen molar-refractivity contribution in [1.29, 1.82) is 0 Å². The molecule has 0 amide bonds. The molecule has 0 spiro atoms. The minimum atomic E-state index is -0.496. The average Bonchev–Trinajstić information content (AvgIpc) is 2.54. The molecule has 0 unspecified atom stereocenters. The van der Waals surface area contributed by atoms with Crippen LogP contribution in [0.2, 0.25) is 0 Å². The molecule has 0 aliphatic rings. The van der Waals surface area contributed by atoms with Gasteiger partial charge in [0.2, 0.25) is 0 Å². The van der Waals surface area contributed by atoms with Crippen molar-refractivity contribution in [2.75, 3.05) is 19.6 Å². The first-order valence-electron chi connectivity index (χ1n) is 6.40. The number of nitro benzene ring substituents is 1. The summed E-state index contributed by atoms with van der Waals surface area (Å²) in [5, 5.41) is 15.0. The molecule has 1 N–H and O–H groups in total. The summed E-state index contributed by atoms with van der Waals surface area (Å²) >= 11 is 0. The average molecular weight is 301 g/mol. The maximum Gasteiger partial charge on any atom is 0.274 e. The number of rotatable bonds is 6. The van der Waals surface area contributed by atoms with Crippen LogP contribution in [-0.4, -0.2) is 25.4 Å². The summed E-state index contributed by atoms with van der Waals surface area (Å²) in [5.74, 6) is 0.657. The zero-order valence-corrected chi connectivity index (χ0v) is 12.1. The Kier molecular flexibility index (Phi) is 4.92. The van der Waals surface area contributed by atoms with Crippen LogP contribution in [0, 0.1) is 10.1 Å². The van der Waals surface area contributed by atoms with Crippen LogP contribution in [-0.2, 0) is 0 Å². The van der Waals surface area contributed by atoms with Gasteiger partial charge in [-0.2, -0.15) is 5.10 Å². The van der Waals surface area contributed by atoms with Gasteiger partial charge in [-0.25, -0.2) is 0 Å². The lowest BCUT2D eigenvalue weighted by Crippen LogP contribution is -1.99. The number of nitrogens with one attached hydrogen (secondary N) is 1. The summed E-state index contributed by atoms with van der Waals surface area (Å²) in [6.45, 7) is 0. The maximum absolute atomic E-state index is 11.0. The molecular formula is C15H15N3O4. The molecule has 0 aromatic heterocycles. The fraction of sp³-hybridized carbons (Fsp3) is 0.133. The molecule has 0 radical (unpaired) electrons. The second kappa shape index (κ2) is 7.07. The highest BCUT2D eigenvalue weighted by molar-refractivity contribution is 5.87. The summed E-state index contributed by atoms with van der Waals surface area (Å²) in [4.78, 5) is 10.5. The normalized spacial score (nSPS) is 10.5. The monoisotopic (exact) mass is 301 g/mol. The first kappa shape index (κ1) is 15.3. The number of hydrogen-bond acceptors (Lipinski definition) is 6. The molecule has 0 bridgehead atoms. The van der Waals surface area contributed by atoms with Crippen LogP contribution in [0.3, 0.4) is 0 Å². The van der Waals surface area contributed by atoms with E-state index < -0.39 is 4.92 Å². The van der Waals surface area contributed by atoms with Gasteiger partial charge in [-0.1, -0.05) is 18.2 Å². The van der Waals surface area contributed by atoms with Crippen LogP contribution in [0.25, 0.3) is 0 Å². The highest BCUT2D eigenvalue weighted by Gasteiger charge is 2.16. The largest absolute Gasteiger partial charge is 0.493 e. The van der Waals surface area contributed by atoms with E-state index in [1.54, 1.807) is 0 Å². The lowest BCUT2D eigenvalue weighted by molar-refractivity contribution is -0.385. The van der Waals surface area contributed by atoms with Crippen molar-refractivity contribution in [3.05, 3.63) is 58.1 Å². The summed E-state index contributed by atoms with van der Waals surface area (Å²) < 4.78 is 10.4. The van der Waals surface area contributed by atoms with Crippen molar-refractivity contribution in [2.24, 2.45) is 5.10 Å². The lowest BCUT2D eigenvalue weighted by atomic mass is 10.1. The van der Waals surface area contributed by atoms with Gasteiger partial charge in [0.25, 0.3) is 5.69 Å². The molecule has 2 rings (SSSR count).